The van der Waals surface area contributed by atoms with Crippen LogP contribution in [0.2, 0.25) is 5.02 Å². The van der Waals surface area contributed by atoms with Crippen molar-refractivity contribution in [3.8, 4) is 5.75 Å². The summed E-state index contributed by atoms with van der Waals surface area (Å²) in [6, 6.07) is 11.3. The first-order valence-corrected chi connectivity index (χ1v) is 6.37. The van der Waals surface area contributed by atoms with Gasteiger partial charge in [-0.3, -0.25) is 4.79 Å². The van der Waals surface area contributed by atoms with Gasteiger partial charge in [-0.05, 0) is 42.8 Å². The smallest absolute Gasteiger partial charge is 0.262 e. The third-order valence-corrected chi connectivity index (χ3v) is 2.80. The fraction of sp³-hybridized carbons (Fsp3) is 0.133. The van der Waals surface area contributed by atoms with Crippen molar-refractivity contribution >= 4 is 23.2 Å². The van der Waals surface area contributed by atoms with Crippen LogP contribution in [-0.2, 0) is 4.79 Å². The van der Waals surface area contributed by atoms with Crippen molar-refractivity contribution in [2.45, 2.75) is 6.92 Å². The number of hydrogen-bond acceptors (Lipinski definition) is 2. The van der Waals surface area contributed by atoms with Crippen LogP contribution in [0.15, 0.2) is 42.5 Å². The van der Waals surface area contributed by atoms with Crippen molar-refractivity contribution < 1.29 is 13.9 Å². The Morgan fingerprint density at radius 3 is 2.80 bits per heavy atom. The second kappa shape index (κ2) is 6.39. The number of carbonyl (C=O) groups is 1. The quantitative estimate of drug-likeness (QED) is 0.931. The molecule has 0 radical (unpaired) electrons. The van der Waals surface area contributed by atoms with Crippen molar-refractivity contribution in [3.05, 3.63) is 58.9 Å². The molecule has 0 aliphatic heterocycles. The highest BCUT2D eigenvalue weighted by atomic mass is 35.5. The first kappa shape index (κ1) is 14.3. The molecule has 0 aromatic heterocycles. The predicted octanol–water partition coefficient (Wildman–Crippen LogP) is 3.81. The molecular formula is C15H13ClFNO2. The van der Waals surface area contributed by atoms with Gasteiger partial charge in [-0.25, -0.2) is 4.39 Å². The summed E-state index contributed by atoms with van der Waals surface area (Å²) in [6.07, 6.45) is 0. The standard InChI is InChI=1S/C15H13ClFNO2/c1-10-5-6-14(13(17)7-10)18-15(19)9-20-12-4-2-3-11(16)8-12/h2-8H,9H2,1H3,(H,18,19). The summed E-state index contributed by atoms with van der Waals surface area (Å²) in [7, 11) is 0. The van der Waals surface area contributed by atoms with E-state index in [2.05, 4.69) is 5.32 Å². The zero-order valence-corrected chi connectivity index (χ0v) is 11.6. The van der Waals surface area contributed by atoms with Gasteiger partial charge in [-0.1, -0.05) is 23.7 Å². The van der Waals surface area contributed by atoms with E-state index < -0.39 is 11.7 Å². The number of rotatable bonds is 4. The number of halogens is 2. The average molecular weight is 294 g/mol. The number of aryl methyl sites for hydroxylation is 1. The molecule has 0 bridgehead atoms. The van der Waals surface area contributed by atoms with Crippen LogP contribution in [0.25, 0.3) is 0 Å². The molecule has 0 fully saturated rings. The van der Waals surface area contributed by atoms with Gasteiger partial charge in [0.1, 0.15) is 11.6 Å². The Hall–Kier alpha value is -2.07. The Balaban J connectivity index is 1.92. The highest BCUT2D eigenvalue weighted by Gasteiger charge is 2.08. The van der Waals surface area contributed by atoms with Crippen molar-refractivity contribution in [2.75, 3.05) is 11.9 Å². The highest BCUT2D eigenvalue weighted by Crippen LogP contribution is 2.18. The van der Waals surface area contributed by atoms with Crippen molar-refractivity contribution in [2.24, 2.45) is 0 Å². The lowest BCUT2D eigenvalue weighted by molar-refractivity contribution is -0.118. The fourth-order valence-electron chi connectivity index (χ4n) is 1.61. The monoisotopic (exact) mass is 293 g/mol. The van der Waals surface area contributed by atoms with E-state index in [4.69, 9.17) is 16.3 Å². The van der Waals surface area contributed by atoms with Gasteiger partial charge in [-0.15, -0.1) is 0 Å². The second-order valence-corrected chi connectivity index (χ2v) is 4.71. The van der Waals surface area contributed by atoms with Gasteiger partial charge in [0.25, 0.3) is 5.91 Å². The molecule has 2 aromatic rings. The summed E-state index contributed by atoms with van der Waals surface area (Å²) in [6.45, 7) is 1.56. The molecule has 0 aliphatic rings. The highest BCUT2D eigenvalue weighted by molar-refractivity contribution is 6.30. The third-order valence-electron chi connectivity index (χ3n) is 2.56. The van der Waals surface area contributed by atoms with E-state index in [0.717, 1.165) is 5.56 Å². The van der Waals surface area contributed by atoms with E-state index in [-0.39, 0.29) is 12.3 Å². The van der Waals surface area contributed by atoms with Crippen molar-refractivity contribution in [3.63, 3.8) is 0 Å². The topological polar surface area (TPSA) is 38.3 Å². The number of nitrogens with one attached hydrogen (secondary N) is 1. The molecule has 0 atom stereocenters. The minimum atomic E-state index is -0.471. The number of carbonyl (C=O) groups excluding carboxylic acids is 1. The SMILES string of the molecule is Cc1ccc(NC(=O)COc2cccc(Cl)c2)c(F)c1. The molecule has 0 spiro atoms. The summed E-state index contributed by atoms with van der Waals surface area (Å²) >= 11 is 5.80. The van der Waals surface area contributed by atoms with Crippen LogP contribution in [0.1, 0.15) is 5.56 Å². The van der Waals surface area contributed by atoms with Crippen molar-refractivity contribution in [1.82, 2.24) is 0 Å². The minimum absolute atomic E-state index is 0.135. The van der Waals surface area contributed by atoms with Gasteiger partial charge < -0.3 is 10.1 Å². The minimum Gasteiger partial charge on any atom is -0.484 e. The van der Waals surface area contributed by atoms with Crippen LogP contribution in [0.3, 0.4) is 0 Å². The normalized spacial score (nSPS) is 10.2. The molecule has 1 amide bonds. The molecule has 5 heteroatoms. The molecule has 3 nitrogen and oxygen atoms in total. The summed E-state index contributed by atoms with van der Waals surface area (Å²) in [5.41, 5.74) is 0.922. The van der Waals surface area contributed by atoms with Crippen LogP contribution >= 0.6 is 11.6 Å². The van der Waals surface area contributed by atoms with Gasteiger partial charge in [0.15, 0.2) is 6.61 Å². The largest absolute Gasteiger partial charge is 0.484 e. The molecule has 1 N–H and O–H groups in total. The first-order chi connectivity index (χ1) is 9.54. The molecule has 20 heavy (non-hydrogen) atoms. The van der Waals surface area contributed by atoms with E-state index in [1.807, 2.05) is 0 Å². The molecule has 2 aromatic carbocycles. The Morgan fingerprint density at radius 2 is 2.10 bits per heavy atom. The lowest BCUT2D eigenvalue weighted by Gasteiger charge is -2.08. The predicted molar refractivity (Wildman–Crippen MR) is 76.7 cm³/mol. The van der Waals surface area contributed by atoms with Gasteiger partial charge in [0.2, 0.25) is 0 Å². The lowest BCUT2D eigenvalue weighted by Crippen LogP contribution is -2.20. The van der Waals surface area contributed by atoms with E-state index in [0.29, 0.717) is 10.8 Å². The zero-order chi connectivity index (χ0) is 14.5. The van der Waals surface area contributed by atoms with Gasteiger partial charge >= 0.3 is 0 Å². The Kier molecular flexibility index (Phi) is 4.58. The van der Waals surface area contributed by atoms with Gasteiger partial charge in [0, 0.05) is 5.02 Å². The van der Waals surface area contributed by atoms with Crippen LogP contribution in [-0.4, -0.2) is 12.5 Å². The summed E-state index contributed by atoms with van der Waals surface area (Å²) in [5.74, 6) is -0.425. The van der Waals surface area contributed by atoms with E-state index in [9.17, 15) is 9.18 Å². The average Bonchev–Trinajstić information content (AvgIpc) is 2.40. The number of hydrogen-bond donors (Lipinski definition) is 1. The molecule has 0 saturated carbocycles. The zero-order valence-electron chi connectivity index (χ0n) is 10.8. The molecule has 0 heterocycles. The second-order valence-electron chi connectivity index (χ2n) is 4.28. The molecule has 0 aliphatic carbocycles. The Morgan fingerprint density at radius 1 is 1.30 bits per heavy atom. The number of anilines is 1. The number of ether oxygens (including phenoxy) is 1. The molecule has 0 saturated heterocycles. The number of amides is 1. The summed E-state index contributed by atoms with van der Waals surface area (Å²) in [4.78, 5) is 11.7. The van der Waals surface area contributed by atoms with Crippen LogP contribution in [0.4, 0.5) is 10.1 Å². The number of benzene rings is 2. The Bertz CT molecular complexity index is 631. The Labute approximate surface area is 121 Å². The van der Waals surface area contributed by atoms with Gasteiger partial charge in [0.05, 0.1) is 5.69 Å². The lowest BCUT2D eigenvalue weighted by atomic mass is 10.2. The maximum absolute atomic E-state index is 13.6. The van der Waals surface area contributed by atoms with Crippen LogP contribution < -0.4 is 10.1 Å². The van der Waals surface area contributed by atoms with Crippen molar-refractivity contribution in [1.29, 1.82) is 0 Å². The van der Waals surface area contributed by atoms with Crippen LogP contribution in [0, 0.1) is 12.7 Å². The maximum atomic E-state index is 13.6. The molecule has 2 rings (SSSR count). The van der Waals surface area contributed by atoms with E-state index in [1.54, 1.807) is 37.3 Å². The van der Waals surface area contributed by atoms with Crippen LogP contribution in [0.5, 0.6) is 5.75 Å². The fourth-order valence-corrected chi connectivity index (χ4v) is 1.79. The van der Waals surface area contributed by atoms with Gasteiger partial charge in [-0.2, -0.15) is 0 Å². The summed E-state index contributed by atoms with van der Waals surface area (Å²) in [5, 5.41) is 2.97. The third kappa shape index (κ3) is 3.96. The first-order valence-electron chi connectivity index (χ1n) is 5.99. The molecular weight excluding hydrogens is 281 g/mol. The summed E-state index contributed by atoms with van der Waals surface area (Å²) < 4.78 is 18.8. The van der Waals surface area contributed by atoms with E-state index >= 15 is 0 Å². The van der Waals surface area contributed by atoms with E-state index in [1.165, 1.54) is 12.1 Å². The molecule has 0 unspecified atom stereocenters. The maximum Gasteiger partial charge on any atom is 0.262 e. The molecule has 104 valence electrons.